The molecule has 3 heterocycles. The maximum absolute atomic E-state index is 12.8. The molecule has 0 bridgehead atoms. The van der Waals surface area contributed by atoms with E-state index in [-0.39, 0.29) is 13.1 Å². The maximum Gasteiger partial charge on any atom is 0.282 e. The highest BCUT2D eigenvalue weighted by Crippen LogP contribution is 2.35. The summed E-state index contributed by atoms with van der Waals surface area (Å²) in [6, 6.07) is 1.68. The maximum atomic E-state index is 12.8. The SMILES string of the molecule is COc1cc2nccn2nc1N1CC(F)(F)C1. The molecule has 0 spiro atoms. The summed E-state index contributed by atoms with van der Waals surface area (Å²) in [6.07, 6.45) is 3.26. The third-order valence-corrected chi connectivity index (χ3v) is 2.70. The summed E-state index contributed by atoms with van der Waals surface area (Å²) in [4.78, 5) is 5.54. The average Bonchev–Trinajstić information content (AvgIpc) is 2.70. The number of rotatable bonds is 2. The third kappa shape index (κ3) is 1.58. The Kier molecular flexibility index (Phi) is 1.98. The highest BCUT2D eigenvalue weighted by atomic mass is 19.3. The van der Waals surface area contributed by atoms with E-state index in [1.54, 1.807) is 18.5 Å². The monoisotopic (exact) mass is 240 g/mol. The zero-order valence-electron chi connectivity index (χ0n) is 9.10. The Hall–Kier alpha value is -1.92. The van der Waals surface area contributed by atoms with Gasteiger partial charge < -0.3 is 9.64 Å². The van der Waals surface area contributed by atoms with Crippen LogP contribution in [0.4, 0.5) is 14.6 Å². The van der Waals surface area contributed by atoms with Crippen molar-refractivity contribution in [2.45, 2.75) is 5.92 Å². The standard InChI is InChI=1S/C10H10F2N4O/c1-17-7-4-8-13-2-3-16(8)14-9(7)15-5-10(11,12)6-15/h2-4H,5-6H2,1H3. The number of nitrogens with zero attached hydrogens (tertiary/aromatic N) is 4. The Morgan fingerprint density at radius 3 is 2.82 bits per heavy atom. The van der Waals surface area contributed by atoms with Gasteiger partial charge in [-0.15, -0.1) is 5.10 Å². The second-order valence-electron chi connectivity index (χ2n) is 3.98. The smallest absolute Gasteiger partial charge is 0.282 e. The van der Waals surface area contributed by atoms with Crippen molar-refractivity contribution in [1.29, 1.82) is 0 Å². The number of aromatic nitrogens is 3. The minimum absolute atomic E-state index is 0.323. The van der Waals surface area contributed by atoms with Crippen LogP contribution < -0.4 is 9.64 Å². The van der Waals surface area contributed by atoms with Gasteiger partial charge in [0.25, 0.3) is 5.92 Å². The van der Waals surface area contributed by atoms with Crippen molar-refractivity contribution in [1.82, 2.24) is 14.6 Å². The zero-order valence-corrected chi connectivity index (χ0v) is 9.10. The van der Waals surface area contributed by atoms with E-state index in [0.29, 0.717) is 17.2 Å². The predicted octanol–water partition coefficient (Wildman–Crippen LogP) is 1.19. The van der Waals surface area contributed by atoms with Crippen molar-refractivity contribution < 1.29 is 13.5 Å². The summed E-state index contributed by atoms with van der Waals surface area (Å²) in [5, 5.41) is 4.22. The lowest BCUT2D eigenvalue weighted by Gasteiger charge is -2.39. The van der Waals surface area contributed by atoms with E-state index in [0.717, 1.165) is 0 Å². The molecule has 0 aliphatic carbocycles. The van der Waals surface area contributed by atoms with Gasteiger partial charge in [0.1, 0.15) is 0 Å². The van der Waals surface area contributed by atoms with Crippen LogP contribution in [0.3, 0.4) is 0 Å². The lowest BCUT2D eigenvalue weighted by atomic mass is 10.1. The van der Waals surface area contributed by atoms with Gasteiger partial charge in [0, 0.05) is 18.5 Å². The number of methoxy groups -OCH3 is 1. The molecule has 3 rings (SSSR count). The van der Waals surface area contributed by atoms with Crippen LogP contribution in [0.25, 0.3) is 5.65 Å². The Bertz CT molecular complexity index is 560. The van der Waals surface area contributed by atoms with Crippen molar-refractivity contribution in [3.8, 4) is 5.75 Å². The average molecular weight is 240 g/mol. The van der Waals surface area contributed by atoms with Crippen molar-refractivity contribution in [2.24, 2.45) is 0 Å². The van der Waals surface area contributed by atoms with E-state index in [1.807, 2.05) is 0 Å². The highest BCUT2D eigenvalue weighted by Gasteiger charge is 2.45. The molecule has 0 N–H and O–H groups in total. The minimum atomic E-state index is -2.63. The molecule has 0 saturated carbocycles. The van der Waals surface area contributed by atoms with E-state index in [4.69, 9.17) is 4.74 Å². The van der Waals surface area contributed by atoms with E-state index in [9.17, 15) is 8.78 Å². The van der Waals surface area contributed by atoms with Gasteiger partial charge in [0.15, 0.2) is 17.2 Å². The van der Waals surface area contributed by atoms with Crippen LogP contribution in [0.15, 0.2) is 18.5 Å². The highest BCUT2D eigenvalue weighted by molar-refractivity contribution is 5.59. The van der Waals surface area contributed by atoms with Crippen molar-refractivity contribution in [3.63, 3.8) is 0 Å². The molecule has 1 fully saturated rings. The molecule has 1 saturated heterocycles. The molecule has 2 aromatic heterocycles. The van der Waals surface area contributed by atoms with Crippen LogP contribution in [-0.2, 0) is 0 Å². The molecule has 17 heavy (non-hydrogen) atoms. The van der Waals surface area contributed by atoms with Crippen molar-refractivity contribution in [3.05, 3.63) is 18.5 Å². The number of hydrogen-bond donors (Lipinski definition) is 0. The van der Waals surface area contributed by atoms with Crippen LogP contribution in [0.2, 0.25) is 0 Å². The molecule has 0 aromatic carbocycles. The summed E-state index contributed by atoms with van der Waals surface area (Å²) in [5.74, 6) is -1.75. The summed E-state index contributed by atoms with van der Waals surface area (Å²) in [6.45, 7) is -0.646. The van der Waals surface area contributed by atoms with Gasteiger partial charge in [0.2, 0.25) is 0 Å². The second kappa shape index (κ2) is 3.28. The Morgan fingerprint density at radius 1 is 1.41 bits per heavy atom. The summed E-state index contributed by atoms with van der Waals surface area (Å²) in [7, 11) is 1.48. The second-order valence-corrected chi connectivity index (χ2v) is 3.98. The van der Waals surface area contributed by atoms with E-state index >= 15 is 0 Å². The Labute approximate surface area is 95.6 Å². The van der Waals surface area contributed by atoms with E-state index < -0.39 is 5.92 Å². The number of imidazole rings is 1. The molecule has 1 aliphatic heterocycles. The fraction of sp³-hybridized carbons (Fsp3) is 0.400. The first-order valence-corrected chi connectivity index (χ1v) is 5.10. The van der Waals surface area contributed by atoms with Gasteiger partial charge in [-0.3, -0.25) is 0 Å². The minimum Gasteiger partial charge on any atom is -0.493 e. The van der Waals surface area contributed by atoms with Crippen LogP contribution >= 0.6 is 0 Å². The summed E-state index contributed by atoms with van der Waals surface area (Å²) < 4.78 is 32.3. The van der Waals surface area contributed by atoms with Crippen molar-refractivity contribution in [2.75, 3.05) is 25.1 Å². The van der Waals surface area contributed by atoms with Crippen LogP contribution in [0.5, 0.6) is 5.75 Å². The summed E-state index contributed by atoms with van der Waals surface area (Å²) in [5.41, 5.74) is 0.623. The molecule has 0 unspecified atom stereocenters. The molecular formula is C10H10F2N4O. The number of fused-ring (bicyclic) bond motifs is 1. The molecule has 1 aliphatic rings. The molecule has 7 heteroatoms. The lowest BCUT2D eigenvalue weighted by molar-refractivity contribution is -0.0270. The molecular weight excluding hydrogens is 230 g/mol. The topological polar surface area (TPSA) is 42.7 Å². The zero-order chi connectivity index (χ0) is 12.0. The van der Waals surface area contributed by atoms with Crippen molar-refractivity contribution >= 4 is 11.5 Å². The fourth-order valence-corrected chi connectivity index (χ4v) is 1.86. The van der Waals surface area contributed by atoms with Gasteiger partial charge in [-0.05, 0) is 0 Å². The first-order chi connectivity index (χ1) is 8.09. The first kappa shape index (κ1) is 10.2. The lowest BCUT2D eigenvalue weighted by Crippen LogP contribution is -2.56. The largest absolute Gasteiger partial charge is 0.493 e. The quantitative estimate of drug-likeness (QED) is 0.791. The molecule has 5 nitrogen and oxygen atoms in total. The normalized spacial score (nSPS) is 18.2. The van der Waals surface area contributed by atoms with Gasteiger partial charge in [0.05, 0.1) is 20.2 Å². The van der Waals surface area contributed by atoms with E-state index in [2.05, 4.69) is 10.1 Å². The number of hydrogen-bond acceptors (Lipinski definition) is 4. The van der Waals surface area contributed by atoms with E-state index in [1.165, 1.54) is 16.5 Å². The molecule has 0 atom stereocenters. The number of ether oxygens (including phenoxy) is 1. The summed E-state index contributed by atoms with van der Waals surface area (Å²) >= 11 is 0. The Morgan fingerprint density at radius 2 is 2.18 bits per heavy atom. The molecule has 2 aromatic rings. The molecule has 0 radical (unpaired) electrons. The van der Waals surface area contributed by atoms with Crippen LogP contribution in [0.1, 0.15) is 0 Å². The first-order valence-electron chi connectivity index (χ1n) is 5.10. The van der Waals surface area contributed by atoms with Crippen LogP contribution in [-0.4, -0.2) is 40.7 Å². The van der Waals surface area contributed by atoms with Gasteiger partial charge >= 0.3 is 0 Å². The predicted molar refractivity (Wildman–Crippen MR) is 56.7 cm³/mol. The Balaban J connectivity index is 2.02. The number of anilines is 1. The van der Waals surface area contributed by atoms with Gasteiger partial charge in [-0.25, -0.2) is 18.3 Å². The number of alkyl halides is 2. The van der Waals surface area contributed by atoms with Crippen LogP contribution in [0, 0.1) is 0 Å². The molecule has 0 amide bonds. The van der Waals surface area contributed by atoms with Gasteiger partial charge in [-0.2, -0.15) is 0 Å². The fourth-order valence-electron chi connectivity index (χ4n) is 1.86. The third-order valence-electron chi connectivity index (χ3n) is 2.70. The number of halogens is 2. The van der Waals surface area contributed by atoms with Gasteiger partial charge in [-0.1, -0.05) is 0 Å². The molecule has 90 valence electrons.